The zero-order chi connectivity index (χ0) is 16.2. The van der Waals surface area contributed by atoms with Crippen molar-refractivity contribution in [2.75, 3.05) is 19.0 Å². The Kier molecular flexibility index (Phi) is 4.82. The van der Waals surface area contributed by atoms with E-state index in [1.807, 2.05) is 13.0 Å². The second kappa shape index (κ2) is 7.01. The lowest BCUT2D eigenvalue weighted by Gasteiger charge is -2.13. The number of anilines is 1. The molecule has 0 amide bonds. The van der Waals surface area contributed by atoms with Gasteiger partial charge >= 0.3 is 0 Å². The zero-order valence-electron chi connectivity index (χ0n) is 13.6. The van der Waals surface area contributed by atoms with Gasteiger partial charge in [-0.3, -0.25) is 0 Å². The van der Waals surface area contributed by atoms with E-state index in [2.05, 4.69) is 25.4 Å². The van der Waals surface area contributed by atoms with Gasteiger partial charge < -0.3 is 19.3 Å². The van der Waals surface area contributed by atoms with Crippen LogP contribution in [0.5, 0.6) is 0 Å². The van der Waals surface area contributed by atoms with Gasteiger partial charge in [-0.25, -0.2) is 9.97 Å². The van der Waals surface area contributed by atoms with Crippen LogP contribution >= 0.6 is 0 Å². The predicted octanol–water partition coefficient (Wildman–Crippen LogP) is 1.96. The number of nitrogens with zero attached hydrogens (tertiary/aromatic N) is 4. The standard InChI is InChI=1S/C15H21N5O3/c1-9-6-13(19-14(17-9)8-21-3)16-7-11-4-5-12(22-11)15-18-10(2)20-23-15/h6,11-12H,4-5,7-8H2,1-3H3,(H,16,17,19)/t11-,12+/m1/s1. The van der Waals surface area contributed by atoms with Crippen LogP contribution in [0.1, 0.15) is 42.2 Å². The molecule has 0 saturated carbocycles. The Balaban J connectivity index is 1.55. The van der Waals surface area contributed by atoms with Crippen molar-refractivity contribution in [2.45, 2.75) is 45.5 Å². The predicted molar refractivity (Wildman–Crippen MR) is 81.9 cm³/mol. The summed E-state index contributed by atoms with van der Waals surface area (Å²) in [6.45, 7) is 4.81. The van der Waals surface area contributed by atoms with Crippen molar-refractivity contribution in [3.05, 3.63) is 29.3 Å². The maximum Gasteiger partial charge on any atom is 0.255 e. The molecule has 1 saturated heterocycles. The van der Waals surface area contributed by atoms with Gasteiger partial charge in [-0.15, -0.1) is 0 Å². The summed E-state index contributed by atoms with van der Waals surface area (Å²) in [6.07, 6.45) is 1.80. The van der Waals surface area contributed by atoms with Gasteiger partial charge in [-0.05, 0) is 26.7 Å². The molecule has 0 bridgehead atoms. The molecule has 8 heteroatoms. The lowest BCUT2D eigenvalue weighted by Crippen LogP contribution is -2.20. The summed E-state index contributed by atoms with van der Waals surface area (Å²) in [5.41, 5.74) is 0.904. The highest BCUT2D eigenvalue weighted by Gasteiger charge is 2.30. The number of rotatable bonds is 6. The highest BCUT2D eigenvalue weighted by atomic mass is 16.5. The molecule has 2 atom stereocenters. The van der Waals surface area contributed by atoms with Crippen LogP contribution in [-0.2, 0) is 16.1 Å². The van der Waals surface area contributed by atoms with E-state index >= 15 is 0 Å². The minimum absolute atomic E-state index is 0.0911. The first-order valence-corrected chi connectivity index (χ1v) is 7.67. The van der Waals surface area contributed by atoms with E-state index < -0.39 is 0 Å². The Labute approximate surface area is 134 Å². The Morgan fingerprint density at radius 3 is 2.87 bits per heavy atom. The Morgan fingerprint density at radius 1 is 1.26 bits per heavy atom. The number of ether oxygens (including phenoxy) is 2. The van der Waals surface area contributed by atoms with E-state index in [1.54, 1.807) is 14.0 Å². The largest absolute Gasteiger partial charge is 0.377 e. The molecule has 1 aliphatic rings. The topological polar surface area (TPSA) is 95.2 Å². The summed E-state index contributed by atoms with van der Waals surface area (Å²) in [4.78, 5) is 13.0. The summed E-state index contributed by atoms with van der Waals surface area (Å²) < 4.78 is 16.2. The molecule has 124 valence electrons. The van der Waals surface area contributed by atoms with Crippen LogP contribution in [0, 0.1) is 13.8 Å². The maximum absolute atomic E-state index is 5.96. The quantitative estimate of drug-likeness (QED) is 0.863. The van der Waals surface area contributed by atoms with Gasteiger partial charge in [0, 0.05) is 25.4 Å². The number of hydrogen-bond donors (Lipinski definition) is 1. The first-order valence-electron chi connectivity index (χ1n) is 7.67. The Hall–Kier alpha value is -2.06. The lowest BCUT2D eigenvalue weighted by atomic mass is 10.2. The van der Waals surface area contributed by atoms with Crippen molar-refractivity contribution in [3.8, 4) is 0 Å². The molecule has 1 fully saturated rings. The van der Waals surface area contributed by atoms with Gasteiger partial charge in [0.05, 0.1) is 6.10 Å². The molecule has 0 aromatic carbocycles. The first-order chi connectivity index (χ1) is 11.1. The van der Waals surface area contributed by atoms with Gasteiger partial charge in [0.2, 0.25) is 0 Å². The van der Waals surface area contributed by atoms with E-state index in [-0.39, 0.29) is 12.2 Å². The highest BCUT2D eigenvalue weighted by Crippen LogP contribution is 2.31. The van der Waals surface area contributed by atoms with Crippen molar-refractivity contribution < 1.29 is 14.0 Å². The Morgan fingerprint density at radius 2 is 2.13 bits per heavy atom. The fraction of sp³-hybridized carbons (Fsp3) is 0.600. The molecule has 3 rings (SSSR count). The molecule has 3 heterocycles. The van der Waals surface area contributed by atoms with Crippen molar-refractivity contribution in [3.63, 3.8) is 0 Å². The van der Waals surface area contributed by atoms with E-state index in [4.69, 9.17) is 14.0 Å². The second-order valence-corrected chi connectivity index (χ2v) is 5.63. The molecule has 2 aromatic heterocycles. The summed E-state index contributed by atoms with van der Waals surface area (Å²) in [7, 11) is 1.63. The van der Waals surface area contributed by atoms with Crippen LogP contribution in [0.15, 0.2) is 10.6 Å². The van der Waals surface area contributed by atoms with E-state index in [1.165, 1.54) is 0 Å². The molecule has 8 nitrogen and oxygen atoms in total. The van der Waals surface area contributed by atoms with Gasteiger partial charge in [-0.2, -0.15) is 4.98 Å². The van der Waals surface area contributed by atoms with E-state index in [0.29, 0.717) is 30.7 Å². The SMILES string of the molecule is COCc1nc(C)cc(NC[C@H]2CC[C@@H](c3nc(C)no3)O2)n1. The molecule has 0 unspecified atom stereocenters. The fourth-order valence-corrected chi connectivity index (χ4v) is 2.61. The average molecular weight is 319 g/mol. The lowest BCUT2D eigenvalue weighted by molar-refractivity contribution is 0.0326. The number of methoxy groups -OCH3 is 1. The van der Waals surface area contributed by atoms with Crippen LogP contribution in [0.2, 0.25) is 0 Å². The van der Waals surface area contributed by atoms with E-state index in [0.717, 1.165) is 24.4 Å². The zero-order valence-corrected chi connectivity index (χ0v) is 13.6. The molecule has 0 aliphatic carbocycles. The van der Waals surface area contributed by atoms with Crippen LogP contribution in [0.4, 0.5) is 5.82 Å². The molecular formula is C15H21N5O3. The second-order valence-electron chi connectivity index (χ2n) is 5.63. The number of aryl methyl sites for hydroxylation is 2. The minimum Gasteiger partial charge on any atom is -0.377 e. The van der Waals surface area contributed by atoms with Crippen LogP contribution in [-0.4, -0.2) is 39.9 Å². The van der Waals surface area contributed by atoms with Crippen molar-refractivity contribution in [2.24, 2.45) is 0 Å². The highest BCUT2D eigenvalue weighted by molar-refractivity contribution is 5.35. The van der Waals surface area contributed by atoms with Crippen LogP contribution in [0.25, 0.3) is 0 Å². The third kappa shape index (κ3) is 4.02. The average Bonchev–Trinajstić information content (AvgIpc) is 3.13. The first kappa shape index (κ1) is 15.8. The van der Waals surface area contributed by atoms with Gasteiger partial charge in [0.15, 0.2) is 11.6 Å². The number of aromatic nitrogens is 4. The van der Waals surface area contributed by atoms with Gasteiger partial charge in [-0.1, -0.05) is 5.16 Å². The molecule has 23 heavy (non-hydrogen) atoms. The molecule has 0 spiro atoms. The fourth-order valence-electron chi connectivity index (χ4n) is 2.61. The molecule has 1 aliphatic heterocycles. The van der Waals surface area contributed by atoms with E-state index in [9.17, 15) is 0 Å². The Bertz CT molecular complexity index is 660. The van der Waals surface area contributed by atoms with Crippen molar-refractivity contribution in [1.29, 1.82) is 0 Å². The summed E-state index contributed by atoms with van der Waals surface area (Å²) in [6, 6.07) is 1.91. The maximum atomic E-state index is 5.96. The minimum atomic E-state index is -0.112. The third-order valence-electron chi connectivity index (χ3n) is 3.61. The van der Waals surface area contributed by atoms with Gasteiger partial charge in [0.1, 0.15) is 18.5 Å². The van der Waals surface area contributed by atoms with Crippen LogP contribution < -0.4 is 5.32 Å². The molecule has 1 N–H and O–H groups in total. The summed E-state index contributed by atoms with van der Waals surface area (Å²) in [5.74, 6) is 2.64. The molecule has 0 radical (unpaired) electrons. The summed E-state index contributed by atoms with van der Waals surface area (Å²) >= 11 is 0. The normalized spacial score (nSPS) is 20.8. The number of hydrogen-bond acceptors (Lipinski definition) is 8. The third-order valence-corrected chi connectivity index (χ3v) is 3.61. The summed E-state index contributed by atoms with van der Waals surface area (Å²) in [5, 5.41) is 7.11. The number of nitrogens with one attached hydrogen (secondary N) is 1. The van der Waals surface area contributed by atoms with Crippen molar-refractivity contribution >= 4 is 5.82 Å². The molecular weight excluding hydrogens is 298 g/mol. The van der Waals surface area contributed by atoms with Gasteiger partial charge in [0.25, 0.3) is 5.89 Å². The smallest absolute Gasteiger partial charge is 0.255 e. The molecule has 2 aromatic rings. The monoisotopic (exact) mass is 319 g/mol. The van der Waals surface area contributed by atoms with Crippen molar-refractivity contribution in [1.82, 2.24) is 20.1 Å². The van der Waals surface area contributed by atoms with Crippen LogP contribution in [0.3, 0.4) is 0 Å².